The average Bonchev–Trinajstić information content (AvgIpc) is 3.10. The Morgan fingerprint density at radius 2 is 1.67 bits per heavy atom. The predicted molar refractivity (Wildman–Crippen MR) is 119 cm³/mol. The molecule has 2 heterocycles. The summed E-state index contributed by atoms with van der Waals surface area (Å²) in [5.41, 5.74) is 5.82. The van der Waals surface area contributed by atoms with Gasteiger partial charge in [0.15, 0.2) is 17.1 Å². The van der Waals surface area contributed by atoms with E-state index in [4.69, 9.17) is 19.6 Å². The first-order valence-corrected chi connectivity index (χ1v) is 9.92. The van der Waals surface area contributed by atoms with Crippen molar-refractivity contribution in [2.24, 2.45) is 0 Å². The van der Waals surface area contributed by atoms with Crippen LogP contribution >= 0.6 is 0 Å². The van der Waals surface area contributed by atoms with Gasteiger partial charge >= 0.3 is 0 Å². The number of aryl methyl sites for hydroxylation is 2. The van der Waals surface area contributed by atoms with E-state index in [1.165, 1.54) is 5.56 Å². The normalized spacial score (nSPS) is 12.0. The summed E-state index contributed by atoms with van der Waals surface area (Å²) in [6, 6.07) is 18.3. The molecule has 0 aliphatic heterocycles. The van der Waals surface area contributed by atoms with Gasteiger partial charge in [0.1, 0.15) is 5.82 Å². The summed E-state index contributed by atoms with van der Waals surface area (Å²) >= 11 is 0. The first-order chi connectivity index (χ1) is 14.5. The topological polar surface area (TPSA) is 60.7 Å². The minimum Gasteiger partial charge on any atom is -0.493 e. The smallest absolute Gasteiger partial charge is 0.161 e. The summed E-state index contributed by atoms with van der Waals surface area (Å²) in [4.78, 5) is 4.74. The fraction of sp³-hybridized carbons (Fsp3) is 0.250. The van der Waals surface area contributed by atoms with Crippen LogP contribution in [0.5, 0.6) is 11.5 Å². The molecule has 0 saturated carbocycles. The number of benzene rings is 2. The van der Waals surface area contributed by atoms with Crippen LogP contribution in [-0.4, -0.2) is 28.8 Å². The number of hydrogen-bond acceptors (Lipinski definition) is 5. The van der Waals surface area contributed by atoms with Gasteiger partial charge in [0.25, 0.3) is 0 Å². The summed E-state index contributed by atoms with van der Waals surface area (Å²) in [6.07, 6.45) is 0. The van der Waals surface area contributed by atoms with Gasteiger partial charge in [0, 0.05) is 28.9 Å². The molecule has 0 spiro atoms. The number of fused-ring (bicyclic) bond motifs is 1. The number of nitrogens with zero attached hydrogens (tertiary/aromatic N) is 3. The van der Waals surface area contributed by atoms with Gasteiger partial charge in [0.05, 0.1) is 19.9 Å². The highest BCUT2D eigenvalue weighted by Crippen LogP contribution is 2.34. The lowest BCUT2D eigenvalue weighted by Gasteiger charge is -2.16. The minimum atomic E-state index is 0.130. The largest absolute Gasteiger partial charge is 0.493 e. The Morgan fingerprint density at radius 1 is 0.933 bits per heavy atom. The zero-order valence-electron chi connectivity index (χ0n) is 17.9. The Labute approximate surface area is 176 Å². The van der Waals surface area contributed by atoms with Crippen LogP contribution in [0.1, 0.15) is 29.8 Å². The third kappa shape index (κ3) is 3.56. The van der Waals surface area contributed by atoms with Crippen molar-refractivity contribution < 1.29 is 9.47 Å². The highest BCUT2D eigenvalue weighted by atomic mass is 16.5. The maximum atomic E-state index is 5.47. The van der Waals surface area contributed by atoms with Crippen LogP contribution in [0.3, 0.4) is 0 Å². The maximum Gasteiger partial charge on any atom is 0.161 e. The molecule has 0 unspecified atom stereocenters. The molecule has 0 radical (unpaired) electrons. The van der Waals surface area contributed by atoms with Crippen LogP contribution in [0.4, 0.5) is 5.82 Å². The molecule has 1 N–H and O–H groups in total. The molecule has 30 heavy (non-hydrogen) atoms. The second-order valence-corrected chi connectivity index (χ2v) is 7.34. The molecule has 2 aromatic carbocycles. The van der Waals surface area contributed by atoms with Gasteiger partial charge in [-0.25, -0.2) is 4.98 Å². The Bertz CT molecular complexity index is 1190. The van der Waals surface area contributed by atoms with Crippen LogP contribution in [-0.2, 0) is 0 Å². The molecular weight excluding hydrogens is 376 g/mol. The molecule has 6 nitrogen and oxygen atoms in total. The van der Waals surface area contributed by atoms with E-state index in [2.05, 4.69) is 24.4 Å². The van der Waals surface area contributed by atoms with Gasteiger partial charge in [0.2, 0.25) is 0 Å². The van der Waals surface area contributed by atoms with Gasteiger partial charge in [-0.3, -0.25) is 0 Å². The van der Waals surface area contributed by atoms with E-state index in [1.807, 2.05) is 60.8 Å². The lowest BCUT2D eigenvalue weighted by Crippen LogP contribution is -2.11. The molecule has 154 valence electrons. The molecule has 0 aliphatic carbocycles. The van der Waals surface area contributed by atoms with Crippen LogP contribution in [0.15, 0.2) is 54.6 Å². The Hall–Kier alpha value is -3.54. The summed E-state index contributed by atoms with van der Waals surface area (Å²) in [6.45, 7) is 6.19. The lowest BCUT2D eigenvalue weighted by molar-refractivity contribution is 0.355. The zero-order valence-corrected chi connectivity index (χ0v) is 17.9. The van der Waals surface area contributed by atoms with E-state index in [0.717, 1.165) is 34.0 Å². The maximum absolute atomic E-state index is 5.47. The molecule has 6 heteroatoms. The standard InChI is InChI=1S/C24H26N4O2/c1-15-13-22(26-17(3)18-9-7-6-8-10-18)28-24(25-15)16(2)23(27-28)19-11-12-20(29-4)21(14-19)30-5/h6-14,17,26H,1-5H3/t17-/m0/s1. The second-order valence-electron chi connectivity index (χ2n) is 7.34. The van der Waals surface area contributed by atoms with E-state index >= 15 is 0 Å². The van der Waals surface area contributed by atoms with Gasteiger partial charge in [-0.15, -0.1) is 0 Å². The third-order valence-electron chi connectivity index (χ3n) is 5.27. The monoisotopic (exact) mass is 402 g/mol. The first kappa shape index (κ1) is 19.8. The van der Waals surface area contributed by atoms with Crippen molar-refractivity contribution in [3.63, 3.8) is 0 Å². The Balaban J connectivity index is 1.79. The van der Waals surface area contributed by atoms with Crippen molar-refractivity contribution in [3.05, 3.63) is 71.4 Å². The Morgan fingerprint density at radius 3 is 2.37 bits per heavy atom. The molecule has 0 amide bonds. The van der Waals surface area contributed by atoms with Crippen LogP contribution in [0.25, 0.3) is 16.9 Å². The van der Waals surface area contributed by atoms with Crippen LogP contribution < -0.4 is 14.8 Å². The SMILES string of the molecule is COc1ccc(-c2nn3c(N[C@@H](C)c4ccccc4)cc(C)nc3c2C)cc1OC. The molecule has 4 aromatic rings. The number of anilines is 1. The van der Waals surface area contributed by atoms with E-state index in [9.17, 15) is 0 Å². The van der Waals surface area contributed by atoms with Gasteiger partial charge < -0.3 is 14.8 Å². The fourth-order valence-electron chi connectivity index (χ4n) is 3.65. The molecule has 4 rings (SSSR count). The molecule has 0 aliphatic rings. The van der Waals surface area contributed by atoms with Crippen molar-refractivity contribution in [2.75, 3.05) is 19.5 Å². The molecule has 0 saturated heterocycles. The van der Waals surface area contributed by atoms with Crippen molar-refractivity contribution in [1.82, 2.24) is 14.6 Å². The number of nitrogens with one attached hydrogen (secondary N) is 1. The van der Waals surface area contributed by atoms with Crippen LogP contribution in [0, 0.1) is 13.8 Å². The van der Waals surface area contributed by atoms with Gasteiger partial charge in [-0.1, -0.05) is 30.3 Å². The number of rotatable bonds is 6. The van der Waals surface area contributed by atoms with Crippen molar-refractivity contribution in [1.29, 1.82) is 0 Å². The quantitative estimate of drug-likeness (QED) is 0.480. The summed E-state index contributed by atoms with van der Waals surface area (Å²) < 4.78 is 12.7. The van der Waals surface area contributed by atoms with Crippen LogP contribution in [0.2, 0.25) is 0 Å². The molecule has 0 fully saturated rings. The number of methoxy groups -OCH3 is 2. The average molecular weight is 402 g/mol. The van der Waals surface area contributed by atoms with Crippen molar-refractivity contribution in [2.45, 2.75) is 26.8 Å². The number of hydrogen-bond donors (Lipinski definition) is 1. The first-order valence-electron chi connectivity index (χ1n) is 9.92. The molecule has 1 atom stereocenters. The summed E-state index contributed by atoms with van der Waals surface area (Å²) in [5, 5.41) is 8.49. The van der Waals surface area contributed by atoms with E-state index in [-0.39, 0.29) is 6.04 Å². The van der Waals surface area contributed by atoms with Crippen molar-refractivity contribution in [3.8, 4) is 22.8 Å². The van der Waals surface area contributed by atoms with E-state index in [1.54, 1.807) is 14.2 Å². The highest BCUT2D eigenvalue weighted by molar-refractivity contribution is 5.73. The molecule has 2 aromatic heterocycles. The van der Waals surface area contributed by atoms with Crippen molar-refractivity contribution >= 4 is 11.5 Å². The van der Waals surface area contributed by atoms with Gasteiger partial charge in [-0.05, 0) is 44.5 Å². The fourth-order valence-corrected chi connectivity index (χ4v) is 3.65. The minimum absolute atomic E-state index is 0.130. The second kappa shape index (κ2) is 8.06. The lowest BCUT2D eigenvalue weighted by atomic mass is 10.1. The predicted octanol–water partition coefficient (Wildman–Crippen LogP) is 5.20. The van der Waals surface area contributed by atoms with Gasteiger partial charge in [-0.2, -0.15) is 9.61 Å². The summed E-state index contributed by atoms with van der Waals surface area (Å²) in [7, 11) is 3.27. The molecular formula is C24H26N4O2. The Kier molecular flexibility index (Phi) is 5.31. The highest BCUT2D eigenvalue weighted by Gasteiger charge is 2.18. The van der Waals surface area contributed by atoms with E-state index < -0.39 is 0 Å². The third-order valence-corrected chi connectivity index (χ3v) is 5.27. The molecule has 0 bridgehead atoms. The number of aromatic nitrogens is 3. The number of ether oxygens (including phenoxy) is 2. The summed E-state index contributed by atoms with van der Waals surface area (Å²) in [5.74, 6) is 2.27. The zero-order chi connectivity index (χ0) is 21.3. The van der Waals surface area contributed by atoms with E-state index in [0.29, 0.717) is 11.5 Å².